The van der Waals surface area contributed by atoms with Gasteiger partial charge in [0, 0.05) is 24.2 Å². The number of hydrogen-bond donors (Lipinski definition) is 0. The van der Waals surface area contributed by atoms with Crippen LogP contribution in [0, 0.1) is 22.7 Å². The van der Waals surface area contributed by atoms with Crippen LogP contribution in [0.1, 0.15) is 58.5 Å². The van der Waals surface area contributed by atoms with Crippen LogP contribution in [0.25, 0.3) is 0 Å². The van der Waals surface area contributed by atoms with Crippen molar-refractivity contribution in [2.75, 3.05) is 0 Å². The van der Waals surface area contributed by atoms with Crippen molar-refractivity contribution in [1.82, 2.24) is 9.80 Å². The van der Waals surface area contributed by atoms with Crippen molar-refractivity contribution in [1.29, 1.82) is 10.5 Å². The summed E-state index contributed by atoms with van der Waals surface area (Å²) in [6.45, 7) is 4.37. The van der Waals surface area contributed by atoms with Gasteiger partial charge in [-0.3, -0.25) is 9.59 Å². The Hall–Kier alpha value is -4.42. The molecule has 3 rings (SSSR count). The molecule has 0 aromatic heterocycles. The van der Waals surface area contributed by atoms with Crippen molar-refractivity contribution in [3.8, 4) is 12.1 Å². The third-order valence-electron chi connectivity index (χ3n) is 6.12. The molecule has 182 valence electrons. The van der Waals surface area contributed by atoms with Crippen LogP contribution in [0.3, 0.4) is 0 Å². The van der Waals surface area contributed by atoms with E-state index in [9.17, 15) is 20.1 Å². The largest absolute Gasteiger partial charge is 0.318 e. The smallest absolute Gasteiger partial charge is 0.255 e. The maximum absolute atomic E-state index is 13.2. The average Bonchev–Trinajstić information content (AvgIpc) is 2.94. The molecule has 0 saturated heterocycles. The summed E-state index contributed by atoms with van der Waals surface area (Å²) in [4.78, 5) is 29.5. The zero-order valence-corrected chi connectivity index (χ0v) is 20.7. The Bertz CT molecular complexity index is 1130. The van der Waals surface area contributed by atoms with E-state index in [0.717, 1.165) is 11.1 Å². The zero-order chi connectivity index (χ0) is 25.9. The maximum atomic E-state index is 13.2. The summed E-state index contributed by atoms with van der Waals surface area (Å²) in [5.74, 6) is -0.375. The first-order valence-corrected chi connectivity index (χ1v) is 12.1. The summed E-state index contributed by atoms with van der Waals surface area (Å²) in [5.41, 5.74) is 2.84. The van der Waals surface area contributed by atoms with Crippen molar-refractivity contribution in [3.63, 3.8) is 0 Å². The Kier molecular flexibility index (Phi) is 9.37. The molecule has 0 spiro atoms. The number of rotatable bonds is 10. The molecule has 0 bridgehead atoms. The van der Waals surface area contributed by atoms with Crippen molar-refractivity contribution in [3.05, 3.63) is 107 Å². The number of nitrogens with zero attached hydrogens (tertiary/aromatic N) is 4. The number of nitriles is 2. The molecule has 36 heavy (non-hydrogen) atoms. The van der Waals surface area contributed by atoms with E-state index in [1.54, 1.807) is 58.3 Å². The Morgan fingerprint density at radius 1 is 0.639 bits per heavy atom. The normalized spacial score (nSPS) is 12.0. The van der Waals surface area contributed by atoms with Crippen molar-refractivity contribution in [2.24, 2.45) is 0 Å². The molecule has 0 aliphatic carbocycles. The first-order valence-electron chi connectivity index (χ1n) is 12.1. The van der Waals surface area contributed by atoms with Crippen LogP contribution in [-0.2, 0) is 13.1 Å². The van der Waals surface area contributed by atoms with E-state index < -0.39 is 12.1 Å². The van der Waals surface area contributed by atoms with Gasteiger partial charge in [-0.05, 0) is 48.2 Å². The topological polar surface area (TPSA) is 88.2 Å². The molecular formula is C30H30N4O2. The molecule has 0 aliphatic heterocycles. The van der Waals surface area contributed by atoms with Crippen LogP contribution >= 0.6 is 0 Å². The lowest BCUT2D eigenvalue weighted by molar-refractivity contribution is 0.0690. The number of carbonyl (C=O) groups is 2. The van der Waals surface area contributed by atoms with Crippen LogP contribution in [0.5, 0.6) is 0 Å². The van der Waals surface area contributed by atoms with Gasteiger partial charge in [0.15, 0.2) is 0 Å². The van der Waals surface area contributed by atoms with Crippen molar-refractivity contribution in [2.45, 2.75) is 51.9 Å². The van der Waals surface area contributed by atoms with Gasteiger partial charge in [0.1, 0.15) is 12.1 Å². The van der Waals surface area contributed by atoms with Crippen LogP contribution in [-0.4, -0.2) is 33.7 Å². The minimum Gasteiger partial charge on any atom is -0.318 e. The van der Waals surface area contributed by atoms with Crippen LogP contribution in [0.4, 0.5) is 0 Å². The van der Waals surface area contributed by atoms with E-state index in [0.29, 0.717) is 37.1 Å². The van der Waals surface area contributed by atoms with Gasteiger partial charge in [-0.1, -0.05) is 74.5 Å². The number of benzene rings is 3. The Morgan fingerprint density at radius 3 is 1.25 bits per heavy atom. The third-order valence-corrected chi connectivity index (χ3v) is 6.12. The average molecular weight is 479 g/mol. The van der Waals surface area contributed by atoms with Crippen LogP contribution in [0.2, 0.25) is 0 Å². The summed E-state index contributed by atoms with van der Waals surface area (Å²) < 4.78 is 0. The lowest BCUT2D eigenvalue weighted by Gasteiger charge is -2.28. The fraction of sp³-hybridized carbons (Fsp3) is 0.267. The second kappa shape index (κ2) is 12.9. The molecule has 3 aromatic carbocycles. The fourth-order valence-corrected chi connectivity index (χ4v) is 4.05. The Balaban J connectivity index is 1.81. The van der Waals surface area contributed by atoms with Crippen LogP contribution < -0.4 is 0 Å². The van der Waals surface area contributed by atoms with E-state index in [2.05, 4.69) is 12.1 Å². The summed E-state index contributed by atoms with van der Waals surface area (Å²) in [6, 6.07) is 28.9. The first-order chi connectivity index (χ1) is 17.5. The van der Waals surface area contributed by atoms with Gasteiger partial charge >= 0.3 is 0 Å². The highest BCUT2D eigenvalue weighted by molar-refractivity contribution is 5.95. The number of carbonyl (C=O) groups excluding carboxylic acids is 2. The molecule has 2 amide bonds. The highest BCUT2D eigenvalue weighted by Gasteiger charge is 2.25. The summed E-state index contributed by atoms with van der Waals surface area (Å²) in [6.07, 6.45) is 1.05. The summed E-state index contributed by atoms with van der Waals surface area (Å²) in [7, 11) is 0. The quantitative estimate of drug-likeness (QED) is 0.381. The highest BCUT2D eigenvalue weighted by Crippen LogP contribution is 2.19. The van der Waals surface area contributed by atoms with Gasteiger partial charge in [0.05, 0.1) is 12.1 Å². The van der Waals surface area contributed by atoms with Gasteiger partial charge in [0.2, 0.25) is 0 Å². The highest BCUT2D eigenvalue weighted by atomic mass is 16.2. The first kappa shape index (κ1) is 26.2. The van der Waals surface area contributed by atoms with E-state index >= 15 is 0 Å². The molecule has 6 heteroatoms. The molecule has 2 atom stereocenters. The fourth-order valence-electron chi connectivity index (χ4n) is 4.05. The molecule has 3 aromatic rings. The second-order valence-corrected chi connectivity index (χ2v) is 8.52. The van der Waals surface area contributed by atoms with E-state index in [1.807, 2.05) is 50.2 Å². The van der Waals surface area contributed by atoms with Crippen molar-refractivity contribution < 1.29 is 9.59 Å². The SMILES string of the molecule is CC[C@H](C#N)N(Cc1ccc(CN(C(=O)c2ccccc2)[C@@H](C#N)CC)cc1)C(=O)c1ccccc1. The van der Waals surface area contributed by atoms with Gasteiger partial charge < -0.3 is 9.80 Å². The lowest BCUT2D eigenvalue weighted by Crippen LogP contribution is -2.39. The molecule has 6 nitrogen and oxygen atoms in total. The summed E-state index contributed by atoms with van der Waals surface area (Å²) >= 11 is 0. The van der Waals surface area contributed by atoms with Crippen LogP contribution in [0.15, 0.2) is 84.9 Å². The predicted molar refractivity (Wildman–Crippen MR) is 138 cm³/mol. The van der Waals surface area contributed by atoms with Gasteiger partial charge in [-0.25, -0.2) is 0 Å². The molecule has 0 N–H and O–H groups in total. The van der Waals surface area contributed by atoms with E-state index in [1.165, 1.54) is 0 Å². The molecule has 0 radical (unpaired) electrons. The molecule has 0 saturated carbocycles. The lowest BCUT2D eigenvalue weighted by atomic mass is 10.1. The Labute approximate surface area is 213 Å². The monoisotopic (exact) mass is 478 g/mol. The maximum Gasteiger partial charge on any atom is 0.255 e. The molecule has 0 heterocycles. The minimum absolute atomic E-state index is 0.187. The van der Waals surface area contributed by atoms with Gasteiger partial charge in [-0.2, -0.15) is 10.5 Å². The van der Waals surface area contributed by atoms with E-state index in [-0.39, 0.29) is 11.8 Å². The Morgan fingerprint density at radius 2 is 0.972 bits per heavy atom. The molecule has 0 aliphatic rings. The summed E-state index contributed by atoms with van der Waals surface area (Å²) in [5, 5.41) is 19.3. The third kappa shape index (κ3) is 6.37. The second-order valence-electron chi connectivity index (χ2n) is 8.52. The van der Waals surface area contributed by atoms with Gasteiger partial charge in [0.25, 0.3) is 11.8 Å². The number of amides is 2. The minimum atomic E-state index is -0.544. The standard InChI is InChI=1S/C30H30N4O2/c1-3-27(19-31)33(29(35)25-11-7-5-8-12-25)21-23-15-17-24(18-16-23)22-34(28(4-2)20-32)30(36)26-13-9-6-10-14-26/h5-18,27-28H,3-4,21-22H2,1-2H3/t27-,28-/m1/s1. The molecule has 0 unspecified atom stereocenters. The molecule has 0 fully saturated rings. The van der Waals surface area contributed by atoms with E-state index in [4.69, 9.17) is 0 Å². The zero-order valence-electron chi connectivity index (χ0n) is 20.7. The van der Waals surface area contributed by atoms with Gasteiger partial charge in [-0.15, -0.1) is 0 Å². The predicted octanol–water partition coefficient (Wildman–Crippen LogP) is 5.58. The van der Waals surface area contributed by atoms with Crippen molar-refractivity contribution >= 4 is 11.8 Å². The molecular weight excluding hydrogens is 448 g/mol. The number of hydrogen-bond acceptors (Lipinski definition) is 4.